The molecule has 0 unspecified atom stereocenters. The van der Waals surface area contributed by atoms with Crippen molar-refractivity contribution in [1.29, 1.82) is 0 Å². The van der Waals surface area contributed by atoms with Crippen molar-refractivity contribution in [3.8, 4) is 5.75 Å². The lowest BCUT2D eigenvalue weighted by atomic mass is 9.97. The number of aryl methyl sites for hydroxylation is 1. The summed E-state index contributed by atoms with van der Waals surface area (Å²) in [7, 11) is 0. The van der Waals surface area contributed by atoms with E-state index in [9.17, 15) is 5.11 Å². The Morgan fingerprint density at radius 2 is 1.73 bits per heavy atom. The first-order valence-electron chi connectivity index (χ1n) is 8.52. The molecule has 0 aliphatic heterocycles. The number of hydrogen-bond acceptors (Lipinski definition) is 4. The van der Waals surface area contributed by atoms with Crippen LogP contribution in [-0.2, 0) is 0 Å². The number of anilines is 1. The van der Waals surface area contributed by atoms with Gasteiger partial charge in [0.05, 0.1) is 6.04 Å². The highest BCUT2D eigenvalue weighted by atomic mass is 16.3. The van der Waals surface area contributed by atoms with Crippen LogP contribution < -0.4 is 5.32 Å². The van der Waals surface area contributed by atoms with E-state index in [2.05, 4.69) is 34.3 Å². The van der Waals surface area contributed by atoms with Crippen molar-refractivity contribution in [3.63, 3.8) is 0 Å². The van der Waals surface area contributed by atoms with Gasteiger partial charge in [-0.15, -0.1) is 0 Å². The van der Waals surface area contributed by atoms with Crippen LogP contribution >= 0.6 is 0 Å². The van der Waals surface area contributed by atoms with Crippen LogP contribution in [0.2, 0.25) is 0 Å². The molecule has 0 amide bonds. The second-order valence-electron chi connectivity index (χ2n) is 6.31. The molecule has 4 rings (SSSR count). The molecular weight excluding hydrogens is 322 g/mol. The van der Waals surface area contributed by atoms with Crippen LogP contribution in [0.15, 0.2) is 79.3 Å². The van der Waals surface area contributed by atoms with E-state index >= 15 is 0 Å². The maximum atomic E-state index is 10.9. The van der Waals surface area contributed by atoms with Gasteiger partial charge in [-0.3, -0.25) is 9.97 Å². The van der Waals surface area contributed by atoms with Gasteiger partial charge < -0.3 is 10.4 Å². The summed E-state index contributed by atoms with van der Waals surface area (Å²) in [5.41, 5.74) is 4.52. The highest BCUT2D eigenvalue weighted by molar-refractivity contribution is 5.86. The Kier molecular flexibility index (Phi) is 4.23. The summed E-state index contributed by atoms with van der Waals surface area (Å²) in [4.78, 5) is 8.58. The van der Waals surface area contributed by atoms with Crippen LogP contribution in [0.25, 0.3) is 10.9 Å². The number of pyridine rings is 2. The highest BCUT2D eigenvalue weighted by Gasteiger charge is 2.20. The lowest BCUT2D eigenvalue weighted by Gasteiger charge is -2.22. The van der Waals surface area contributed by atoms with Gasteiger partial charge in [-0.1, -0.05) is 42.0 Å². The van der Waals surface area contributed by atoms with E-state index in [1.807, 2.05) is 54.7 Å². The number of aromatic hydroxyl groups is 1. The second kappa shape index (κ2) is 6.84. The van der Waals surface area contributed by atoms with Crippen molar-refractivity contribution in [2.75, 3.05) is 5.32 Å². The third-order valence-electron chi connectivity index (χ3n) is 4.47. The third kappa shape index (κ3) is 3.09. The number of hydrogen-bond donors (Lipinski definition) is 2. The standard InChI is InChI=1S/C22H19N3O/c1-15-6-9-18(10-7-15)25-20(17-5-2-12-23-14-17)19-11-8-16-4-3-13-24-21(16)22(19)26/h2-14,20,25-26H,1H3/t20-/m1/s1. The van der Waals surface area contributed by atoms with Gasteiger partial charge in [-0.2, -0.15) is 0 Å². The van der Waals surface area contributed by atoms with Crippen LogP contribution in [0.3, 0.4) is 0 Å². The fraction of sp³-hybridized carbons (Fsp3) is 0.0909. The first-order chi connectivity index (χ1) is 12.7. The monoisotopic (exact) mass is 341 g/mol. The summed E-state index contributed by atoms with van der Waals surface area (Å²) in [6.45, 7) is 2.06. The number of phenols is 1. The van der Waals surface area contributed by atoms with Crippen molar-refractivity contribution < 1.29 is 5.11 Å². The Bertz CT molecular complexity index is 1030. The number of phenolic OH excluding ortho intramolecular Hbond substituents is 1. The van der Waals surface area contributed by atoms with E-state index in [1.54, 1.807) is 12.4 Å². The van der Waals surface area contributed by atoms with E-state index in [1.165, 1.54) is 5.56 Å². The zero-order valence-electron chi connectivity index (χ0n) is 14.4. The van der Waals surface area contributed by atoms with Crippen molar-refractivity contribution in [2.45, 2.75) is 13.0 Å². The van der Waals surface area contributed by atoms with Crippen LogP contribution in [-0.4, -0.2) is 15.1 Å². The van der Waals surface area contributed by atoms with Gasteiger partial charge in [0.2, 0.25) is 0 Å². The van der Waals surface area contributed by atoms with Gasteiger partial charge in [0.1, 0.15) is 11.3 Å². The van der Waals surface area contributed by atoms with Crippen molar-refractivity contribution in [1.82, 2.24) is 9.97 Å². The molecule has 0 spiro atoms. The van der Waals surface area contributed by atoms with Gasteiger partial charge in [-0.05, 0) is 36.8 Å². The van der Waals surface area contributed by atoms with Crippen molar-refractivity contribution in [2.24, 2.45) is 0 Å². The SMILES string of the molecule is Cc1ccc(N[C@H](c2cccnc2)c2ccc3cccnc3c2O)cc1. The number of fused-ring (bicyclic) bond motifs is 1. The molecule has 0 bridgehead atoms. The molecule has 1 atom stereocenters. The van der Waals surface area contributed by atoms with E-state index in [-0.39, 0.29) is 11.8 Å². The van der Waals surface area contributed by atoms with Crippen LogP contribution in [0.1, 0.15) is 22.7 Å². The smallest absolute Gasteiger partial charge is 0.147 e. The van der Waals surface area contributed by atoms with E-state index in [0.29, 0.717) is 5.52 Å². The van der Waals surface area contributed by atoms with E-state index in [4.69, 9.17) is 0 Å². The predicted molar refractivity (Wildman–Crippen MR) is 104 cm³/mol. The molecule has 0 aliphatic rings. The largest absolute Gasteiger partial charge is 0.505 e. The van der Waals surface area contributed by atoms with Gasteiger partial charge in [0.25, 0.3) is 0 Å². The van der Waals surface area contributed by atoms with Crippen molar-refractivity contribution in [3.05, 3.63) is 95.9 Å². The van der Waals surface area contributed by atoms with Crippen molar-refractivity contribution >= 4 is 16.6 Å². The van der Waals surface area contributed by atoms with E-state index in [0.717, 1.165) is 22.2 Å². The first kappa shape index (κ1) is 16.1. The topological polar surface area (TPSA) is 58.0 Å². The molecule has 128 valence electrons. The van der Waals surface area contributed by atoms with Crippen LogP contribution in [0.5, 0.6) is 5.75 Å². The van der Waals surface area contributed by atoms with Crippen LogP contribution in [0.4, 0.5) is 5.69 Å². The molecule has 2 aromatic carbocycles. The zero-order valence-corrected chi connectivity index (χ0v) is 14.4. The Morgan fingerprint density at radius 1 is 0.923 bits per heavy atom. The van der Waals surface area contributed by atoms with Gasteiger partial charge >= 0.3 is 0 Å². The molecule has 26 heavy (non-hydrogen) atoms. The van der Waals surface area contributed by atoms with Crippen LogP contribution in [0, 0.1) is 6.92 Å². The number of nitrogens with zero attached hydrogens (tertiary/aromatic N) is 2. The van der Waals surface area contributed by atoms with Gasteiger partial charge in [-0.25, -0.2) is 0 Å². The Balaban J connectivity index is 1.83. The number of aromatic nitrogens is 2. The first-order valence-corrected chi connectivity index (χ1v) is 8.52. The fourth-order valence-corrected chi connectivity index (χ4v) is 3.08. The lowest BCUT2D eigenvalue weighted by molar-refractivity contribution is 0.471. The average molecular weight is 341 g/mol. The Labute approximate surface area is 152 Å². The molecule has 0 saturated carbocycles. The molecular formula is C22H19N3O. The minimum absolute atomic E-state index is 0.191. The summed E-state index contributed by atoms with van der Waals surface area (Å²) >= 11 is 0. The summed E-state index contributed by atoms with van der Waals surface area (Å²) in [6.07, 6.45) is 5.25. The Morgan fingerprint density at radius 3 is 2.50 bits per heavy atom. The number of rotatable bonds is 4. The average Bonchev–Trinajstić information content (AvgIpc) is 2.69. The summed E-state index contributed by atoms with van der Waals surface area (Å²) in [5.74, 6) is 0.191. The molecule has 0 fully saturated rings. The predicted octanol–water partition coefficient (Wildman–Crippen LogP) is 4.85. The molecule has 0 saturated heterocycles. The minimum atomic E-state index is -0.238. The Hall–Kier alpha value is -3.40. The summed E-state index contributed by atoms with van der Waals surface area (Å²) in [5, 5.41) is 15.3. The molecule has 2 aromatic heterocycles. The summed E-state index contributed by atoms with van der Waals surface area (Å²) < 4.78 is 0. The molecule has 2 heterocycles. The second-order valence-corrected chi connectivity index (χ2v) is 6.31. The third-order valence-corrected chi connectivity index (χ3v) is 4.47. The fourth-order valence-electron chi connectivity index (χ4n) is 3.08. The maximum absolute atomic E-state index is 10.9. The zero-order chi connectivity index (χ0) is 17.9. The molecule has 4 aromatic rings. The van der Waals surface area contributed by atoms with E-state index < -0.39 is 0 Å². The lowest BCUT2D eigenvalue weighted by Crippen LogP contribution is -2.13. The molecule has 0 radical (unpaired) electrons. The molecule has 4 heteroatoms. The molecule has 0 aliphatic carbocycles. The normalized spacial score (nSPS) is 12.0. The quantitative estimate of drug-likeness (QED) is 0.557. The summed E-state index contributed by atoms with van der Waals surface area (Å²) in [6, 6.07) is 19.6. The number of benzene rings is 2. The molecule has 2 N–H and O–H groups in total. The highest BCUT2D eigenvalue weighted by Crippen LogP contribution is 2.36. The minimum Gasteiger partial charge on any atom is -0.505 e. The van der Waals surface area contributed by atoms with Gasteiger partial charge in [0.15, 0.2) is 0 Å². The molecule has 4 nitrogen and oxygen atoms in total. The number of nitrogens with one attached hydrogen (secondary N) is 1. The van der Waals surface area contributed by atoms with Gasteiger partial charge in [0, 0.05) is 35.2 Å². The maximum Gasteiger partial charge on any atom is 0.147 e.